The molecule has 63 heavy (non-hydrogen) atoms. The van der Waals surface area contributed by atoms with Crippen LogP contribution in [0.15, 0.2) is 78.9 Å². The maximum atomic E-state index is 9.60. The summed E-state index contributed by atoms with van der Waals surface area (Å²) in [5, 5.41) is 19.0. The first-order valence-corrected chi connectivity index (χ1v) is 26.1. The molecule has 2 aliphatic rings. The molecule has 1 saturated heterocycles. The lowest BCUT2D eigenvalue weighted by Gasteiger charge is -2.42. The Labute approximate surface area is 377 Å². The van der Waals surface area contributed by atoms with E-state index in [0.29, 0.717) is 25.7 Å². The summed E-state index contributed by atoms with van der Waals surface area (Å²) in [5.41, 5.74) is 3.50. The molecule has 0 bridgehead atoms. The average Bonchev–Trinajstić information content (AvgIpc) is 3.79. The van der Waals surface area contributed by atoms with Crippen molar-refractivity contribution in [3.63, 3.8) is 0 Å². The highest BCUT2D eigenvalue weighted by Crippen LogP contribution is 2.53. The third kappa shape index (κ3) is 10.9. The Balaban J connectivity index is 1.54. The number of fused-ring (bicyclic) bond motifs is 1. The van der Waals surface area contributed by atoms with E-state index in [4.69, 9.17) is 42.7 Å². The van der Waals surface area contributed by atoms with Crippen LogP contribution in [-0.4, -0.2) is 85.8 Å². The van der Waals surface area contributed by atoms with E-state index in [2.05, 4.69) is 96.3 Å². The predicted octanol–water partition coefficient (Wildman–Crippen LogP) is 10.1. The van der Waals surface area contributed by atoms with Crippen molar-refractivity contribution in [1.29, 1.82) is 5.26 Å². The Morgan fingerprint density at radius 3 is 1.97 bits per heavy atom. The first kappa shape index (κ1) is 48.3. The number of nitriles is 1. The molecule has 3 aromatic carbocycles. The van der Waals surface area contributed by atoms with Crippen LogP contribution >= 0.6 is 8.53 Å². The normalized spacial score (nSPS) is 19.8. The van der Waals surface area contributed by atoms with Gasteiger partial charge in [0.1, 0.15) is 35.4 Å². The van der Waals surface area contributed by atoms with Crippen LogP contribution in [0.4, 0.5) is 0 Å². The van der Waals surface area contributed by atoms with Gasteiger partial charge in [-0.15, -0.1) is 16.9 Å². The summed E-state index contributed by atoms with van der Waals surface area (Å²) in [6.07, 6.45) is 0.266. The molecule has 338 valence electrons. The molecule has 12 nitrogen and oxygen atoms in total. The van der Waals surface area contributed by atoms with E-state index < -0.39 is 47.0 Å². The van der Waals surface area contributed by atoms with Crippen molar-refractivity contribution < 1.29 is 32.4 Å². The lowest BCUT2D eigenvalue weighted by Crippen LogP contribution is -2.50. The monoisotopic (exact) mass is 895 g/mol. The van der Waals surface area contributed by atoms with Gasteiger partial charge in [-0.2, -0.15) is 5.26 Å². The van der Waals surface area contributed by atoms with Gasteiger partial charge in [0.15, 0.2) is 14.5 Å². The van der Waals surface area contributed by atoms with E-state index in [0.717, 1.165) is 39.6 Å². The van der Waals surface area contributed by atoms with E-state index >= 15 is 0 Å². The minimum absolute atomic E-state index is 0.0674. The summed E-state index contributed by atoms with van der Waals surface area (Å²) in [7, 11) is -0.942. The van der Waals surface area contributed by atoms with Crippen molar-refractivity contribution in [2.45, 2.75) is 141 Å². The fraction of sp³-hybridized carbons (Fsp3) is 0.531. The van der Waals surface area contributed by atoms with Crippen LogP contribution in [0.2, 0.25) is 18.1 Å². The van der Waals surface area contributed by atoms with Gasteiger partial charge in [0.2, 0.25) is 0 Å². The van der Waals surface area contributed by atoms with Crippen molar-refractivity contribution >= 4 is 16.8 Å². The quantitative estimate of drug-likeness (QED) is 0.0294. The zero-order valence-electron chi connectivity index (χ0n) is 39.0. The molecule has 0 amide bonds. The third-order valence-electron chi connectivity index (χ3n) is 12.2. The first-order valence-electron chi connectivity index (χ1n) is 22.1. The van der Waals surface area contributed by atoms with Crippen molar-refractivity contribution in [1.82, 2.24) is 19.7 Å². The van der Waals surface area contributed by atoms with Gasteiger partial charge in [-0.25, -0.2) is 9.35 Å². The minimum atomic E-state index is -2.54. The van der Waals surface area contributed by atoms with Crippen molar-refractivity contribution in [2.24, 2.45) is 0 Å². The number of methoxy groups -OCH3 is 2. The number of hydrogen-bond acceptors (Lipinski definition) is 11. The lowest BCUT2D eigenvalue weighted by atomic mass is 9.80. The van der Waals surface area contributed by atoms with Gasteiger partial charge < -0.3 is 32.4 Å². The maximum absolute atomic E-state index is 9.60. The van der Waals surface area contributed by atoms with Crippen LogP contribution in [0.3, 0.4) is 0 Å². The number of nitrogens with zero attached hydrogens (tertiary/aromatic N) is 5. The maximum Gasteiger partial charge on any atom is 0.259 e. The Morgan fingerprint density at radius 2 is 1.43 bits per heavy atom. The highest BCUT2D eigenvalue weighted by molar-refractivity contribution is 7.44. The van der Waals surface area contributed by atoms with Crippen LogP contribution < -0.4 is 9.47 Å². The number of aryl methyl sites for hydroxylation is 1. The molecule has 2 heterocycles. The highest BCUT2D eigenvalue weighted by Gasteiger charge is 2.55. The zero-order chi connectivity index (χ0) is 45.4. The molecule has 0 saturated carbocycles. The number of hydrogen-bond donors (Lipinski definition) is 0. The SMILES string of the molecule is COc1ccc(C(OC[C@H]2O[C@@H](n3nnc4c3CCC#CCC4)[C@H](O[Si](C)(C)C(C)(C)C)[C@@H]2OP(OCCC#N)N(C(C)C)C(C)C)(c2ccccc2)c2ccc(OC)cc2)cc1. The van der Waals surface area contributed by atoms with Crippen LogP contribution in [0.25, 0.3) is 0 Å². The number of rotatable bonds is 19. The molecule has 1 aromatic heterocycles. The van der Waals surface area contributed by atoms with Crippen LogP contribution in [0, 0.1) is 23.2 Å². The second kappa shape index (κ2) is 21.2. The minimum Gasteiger partial charge on any atom is -0.497 e. The molecular formula is C49H66N5O7PSi. The topological polar surface area (TPSA) is 122 Å². The van der Waals surface area contributed by atoms with Gasteiger partial charge in [0, 0.05) is 37.8 Å². The van der Waals surface area contributed by atoms with Gasteiger partial charge in [0.05, 0.1) is 51.3 Å². The van der Waals surface area contributed by atoms with Gasteiger partial charge in [-0.1, -0.05) is 80.6 Å². The summed E-state index contributed by atoms with van der Waals surface area (Å²) in [6, 6.07) is 28.6. The average molecular weight is 896 g/mol. The molecular weight excluding hydrogens is 830 g/mol. The molecule has 1 aliphatic heterocycles. The first-order chi connectivity index (χ1) is 30.1. The predicted molar refractivity (Wildman–Crippen MR) is 249 cm³/mol. The number of aromatic nitrogens is 3. The van der Waals surface area contributed by atoms with Gasteiger partial charge in [-0.05, 0) is 86.8 Å². The Hall–Kier alpha value is -4.14. The molecule has 5 atom stereocenters. The van der Waals surface area contributed by atoms with Crippen molar-refractivity contribution in [3.8, 4) is 29.4 Å². The highest BCUT2D eigenvalue weighted by atomic mass is 31.2. The second-order valence-corrected chi connectivity index (χ2v) is 24.3. The smallest absolute Gasteiger partial charge is 0.259 e. The molecule has 1 aliphatic carbocycles. The van der Waals surface area contributed by atoms with E-state index in [9.17, 15) is 5.26 Å². The molecule has 4 aromatic rings. The number of ether oxygens (including phenoxy) is 4. The molecule has 0 radical (unpaired) electrons. The van der Waals surface area contributed by atoms with E-state index in [-0.39, 0.29) is 36.8 Å². The van der Waals surface area contributed by atoms with E-state index in [1.54, 1.807) is 14.2 Å². The van der Waals surface area contributed by atoms with E-state index in [1.165, 1.54) is 0 Å². The van der Waals surface area contributed by atoms with Crippen LogP contribution in [0.1, 0.15) is 102 Å². The standard InChI is InChI=1S/C49H66N5O7PSi/c1-35(2)54(36(3)4)62(58-33-19-32-50)60-45-44(59-47(46(45)61-63(10,11)48(5,6)7)53-43-23-18-13-12-17-22-42(43)51-52-53)34-57-49(37-20-15-14-16-21-37,38-24-28-40(55-8)29-25-38)39-26-30-41(56-9)31-27-39/h14-16,20-21,24-31,35-36,44-47H,17-19,22-23,33-34H2,1-11H3/t44-,45-,46-,47-,62?/m1/s1. The fourth-order valence-corrected chi connectivity index (χ4v) is 11.1. The van der Waals surface area contributed by atoms with E-state index in [1.807, 2.05) is 71.4 Å². The van der Waals surface area contributed by atoms with Crippen LogP contribution in [-0.2, 0) is 41.4 Å². The Kier molecular flexibility index (Phi) is 16.3. The molecule has 6 rings (SSSR count). The zero-order valence-corrected chi connectivity index (χ0v) is 40.9. The summed E-state index contributed by atoms with van der Waals surface area (Å²) < 4.78 is 51.9. The van der Waals surface area contributed by atoms with Crippen molar-refractivity contribution in [3.05, 3.63) is 107 Å². The lowest BCUT2D eigenvalue weighted by molar-refractivity contribution is -0.0968. The molecule has 0 N–H and O–H groups in total. The summed E-state index contributed by atoms with van der Waals surface area (Å²) in [5.74, 6) is 8.05. The molecule has 1 fully saturated rings. The van der Waals surface area contributed by atoms with Crippen LogP contribution in [0.5, 0.6) is 11.5 Å². The molecule has 1 unspecified atom stereocenters. The summed E-state index contributed by atoms with van der Waals surface area (Å²) in [4.78, 5) is 0. The summed E-state index contributed by atoms with van der Waals surface area (Å²) >= 11 is 0. The van der Waals surface area contributed by atoms with Gasteiger partial charge in [0.25, 0.3) is 8.53 Å². The molecule has 0 spiro atoms. The van der Waals surface area contributed by atoms with Gasteiger partial charge in [-0.3, -0.25) is 0 Å². The Morgan fingerprint density at radius 1 is 0.857 bits per heavy atom. The number of benzene rings is 3. The van der Waals surface area contributed by atoms with Crippen molar-refractivity contribution in [2.75, 3.05) is 27.4 Å². The second-order valence-electron chi connectivity index (χ2n) is 18.1. The van der Waals surface area contributed by atoms with Gasteiger partial charge >= 0.3 is 0 Å². The summed E-state index contributed by atoms with van der Waals surface area (Å²) in [6.45, 7) is 20.1. The Bertz CT molecular complexity index is 2120. The fourth-order valence-electron chi connectivity index (χ4n) is 8.03. The largest absolute Gasteiger partial charge is 0.497 e. The molecule has 14 heteroatoms. The third-order valence-corrected chi connectivity index (χ3v) is 18.8.